The number of amides is 1. The Bertz CT molecular complexity index is 561. The Balaban J connectivity index is 2.41. The number of carbonyl (C=O) groups is 2. The molecule has 0 unspecified atom stereocenters. The van der Waals surface area contributed by atoms with Crippen LogP contribution in [0.1, 0.15) is 6.42 Å². The molecule has 0 saturated heterocycles. The van der Waals surface area contributed by atoms with Gasteiger partial charge in [-0.3, -0.25) is 9.59 Å². The molecule has 0 saturated carbocycles. The van der Waals surface area contributed by atoms with Gasteiger partial charge in [-0.25, -0.2) is 0 Å². The fraction of sp³-hybridized carbons (Fsp3) is 0.308. The first-order valence-electron chi connectivity index (χ1n) is 5.86. The predicted octanol–water partition coefficient (Wildman–Crippen LogP) is 3.26. The number of nitriles is 1. The number of thiocyanates is 1. The summed E-state index contributed by atoms with van der Waals surface area (Å²) in [5, 5.41) is 13.3. The number of halogens is 1. The molecule has 112 valence electrons. The molecule has 0 radical (unpaired) electrons. The molecular weight excluding hydrogens is 376 g/mol. The van der Waals surface area contributed by atoms with Crippen LogP contribution in [-0.4, -0.2) is 30.5 Å². The molecule has 0 spiro atoms. The summed E-state index contributed by atoms with van der Waals surface area (Å²) in [4.78, 5) is 23.5. The molecule has 1 aromatic rings. The van der Waals surface area contributed by atoms with Gasteiger partial charge in [0.15, 0.2) is 0 Å². The Morgan fingerprint density at radius 2 is 2.24 bits per heavy atom. The largest absolute Gasteiger partial charge is 0.469 e. The number of methoxy groups -OCH3 is 1. The summed E-state index contributed by atoms with van der Waals surface area (Å²) in [6, 6.07) is 5.27. The third kappa shape index (κ3) is 6.89. The van der Waals surface area contributed by atoms with Crippen molar-refractivity contribution in [3.63, 3.8) is 0 Å². The van der Waals surface area contributed by atoms with E-state index < -0.39 is 0 Å². The lowest BCUT2D eigenvalue weighted by molar-refractivity contribution is -0.140. The monoisotopic (exact) mass is 388 g/mol. The summed E-state index contributed by atoms with van der Waals surface area (Å²) >= 11 is 5.77. The molecule has 8 heteroatoms. The first-order valence-corrected chi connectivity index (χ1v) is 8.63. The number of benzene rings is 1. The number of anilines is 1. The topological polar surface area (TPSA) is 79.2 Å². The van der Waals surface area contributed by atoms with E-state index in [1.165, 1.54) is 18.9 Å². The van der Waals surface area contributed by atoms with Gasteiger partial charge in [0.25, 0.3) is 0 Å². The van der Waals surface area contributed by atoms with E-state index >= 15 is 0 Å². The van der Waals surface area contributed by atoms with Crippen LogP contribution in [0.2, 0.25) is 0 Å². The molecule has 0 aliphatic rings. The van der Waals surface area contributed by atoms with Crippen molar-refractivity contribution in [3.8, 4) is 5.40 Å². The average molecular weight is 389 g/mol. The van der Waals surface area contributed by atoms with E-state index in [-0.39, 0.29) is 24.1 Å². The minimum atomic E-state index is -0.281. The maximum absolute atomic E-state index is 11.8. The molecule has 0 aliphatic heterocycles. The Labute approximate surface area is 139 Å². The van der Waals surface area contributed by atoms with Crippen LogP contribution in [0, 0.1) is 10.7 Å². The maximum Gasteiger partial charge on any atom is 0.306 e. The van der Waals surface area contributed by atoms with Gasteiger partial charge >= 0.3 is 5.97 Å². The Kier molecular flexibility index (Phi) is 8.27. The van der Waals surface area contributed by atoms with E-state index in [1.54, 1.807) is 18.2 Å². The first kappa shape index (κ1) is 17.9. The zero-order valence-corrected chi connectivity index (χ0v) is 14.4. The molecule has 1 aromatic carbocycles. The van der Waals surface area contributed by atoms with E-state index in [2.05, 4.69) is 26.0 Å². The Morgan fingerprint density at radius 1 is 1.48 bits per heavy atom. The number of hydrogen-bond acceptors (Lipinski definition) is 6. The van der Waals surface area contributed by atoms with Crippen LogP contribution in [-0.2, 0) is 14.3 Å². The number of ether oxygens (including phenoxy) is 1. The van der Waals surface area contributed by atoms with Crippen molar-refractivity contribution in [3.05, 3.63) is 22.7 Å². The molecule has 5 nitrogen and oxygen atoms in total. The molecule has 0 fully saturated rings. The smallest absolute Gasteiger partial charge is 0.306 e. The number of esters is 1. The minimum absolute atomic E-state index is 0.147. The molecule has 1 rings (SSSR count). The van der Waals surface area contributed by atoms with Crippen molar-refractivity contribution in [1.82, 2.24) is 0 Å². The van der Waals surface area contributed by atoms with Crippen molar-refractivity contribution in [1.29, 1.82) is 5.26 Å². The Hall–Kier alpha value is -1.17. The van der Waals surface area contributed by atoms with Crippen LogP contribution >= 0.6 is 39.5 Å². The molecule has 0 atom stereocenters. The van der Waals surface area contributed by atoms with Crippen LogP contribution in [0.5, 0.6) is 0 Å². The molecule has 1 amide bonds. The van der Waals surface area contributed by atoms with Gasteiger partial charge < -0.3 is 10.1 Å². The van der Waals surface area contributed by atoms with Crippen LogP contribution in [0.15, 0.2) is 27.6 Å². The minimum Gasteiger partial charge on any atom is -0.469 e. The summed E-state index contributed by atoms with van der Waals surface area (Å²) in [7, 11) is 1.34. The number of nitrogens with zero attached hydrogens (tertiary/aromatic N) is 1. The van der Waals surface area contributed by atoms with Crippen LogP contribution in [0.3, 0.4) is 0 Å². The van der Waals surface area contributed by atoms with E-state index in [9.17, 15) is 9.59 Å². The summed E-state index contributed by atoms with van der Waals surface area (Å²) in [6.45, 7) is 0. The van der Waals surface area contributed by atoms with Gasteiger partial charge in [0.05, 0.1) is 25.0 Å². The van der Waals surface area contributed by atoms with E-state index in [0.29, 0.717) is 11.4 Å². The summed E-state index contributed by atoms with van der Waals surface area (Å²) in [5.74, 6) is 0.374. The number of thioether (sulfide) groups is 2. The number of hydrogen-bond donors (Lipinski definition) is 1. The van der Waals surface area contributed by atoms with E-state index in [0.717, 1.165) is 21.1 Å². The van der Waals surface area contributed by atoms with E-state index in [4.69, 9.17) is 5.26 Å². The number of nitrogens with one attached hydrogen (secondary N) is 1. The fourth-order valence-corrected chi connectivity index (χ4v) is 3.08. The predicted molar refractivity (Wildman–Crippen MR) is 88.2 cm³/mol. The normalized spacial score (nSPS) is 9.76. The molecule has 0 heterocycles. The zero-order chi connectivity index (χ0) is 15.7. The second kappa shape index (κ2) is 9.71. The maximum atomic E-state index is 11.8. The van der Waals surface area contributed by atoms with Gasteiger partial charge in [0.1, 0.15) is 5.40 Å². The summed E-state index contributed by atoms with van der Waals surface area (Å²) in [5.41, 5.74) is 0.649. The molecular formula is C13H13BrN2O3S2. The summed E-state index contributed by atoms with van der Waals surface area (Å²) in [6.07, 6.45) is 0.290. The van der Waals surface area contributed by atoms with Crippen molar-refractivity contribution >= 4 is 57.0 Å². The van der Waals surface area contributed by atoms with Gasteiger partial charge in [-0.05, 0) is 45.9 Å². The van der Waals surface area contributed by atoms with Crippen molar-refractivity contribution < 1.29 is 14.3 Å². The van der Waals surface area contributed by atoms with Crippen LogP contribution in [0.25, 0.3) is 0 Å². The second-order valence-electron chi connectivity index (χ2n) is 3.76. The first-order chi connectivity index (χ1) is 10.1. The highest BCUT2D eigenvalue weighted by atomic mass is 79.9. The number of carbonyl (C=O) groups excluding carboxylic acids is 2. The van der Waals surface area contributed by atoms with Gasteiger partial charge in [0.2, 0.25) is 5.91 Å². The highest BCUT2D eigenvalue weighted by Gasteiger charge is 2.08. The van der Waals surface area contributed by atoms with Crippen molar-refractivity contribution in [2.75, 3.05) is 23.9 Å². The zero-order valence-electron chi connectivity index (χ0n) is 11.2. The second-order valence-corrected chi connectivity index (χ2v) is 6.58. The Morgan fingerprint density at radius 3 is 2.86 bits per heavy atom. The standard InChI is InChI=1S/C13H13BrN2O3S2/c1-19-13(18)4-5-20-7-12(17)16-11-3-2-9(21-8-15)6-10(11)14/h2-3,6H,4-5,7H2,1H3,(H,16,17). The highest BCUT2D eigenvalue weighted by molar-refractivity contribution is 9.10. The van der Waals surface area contributed by atoms with Crippen molar-refractivity contribution in [2.45, 2.75) is 11.3 Å². The molecule has 0 bridgehead atoms. The molecule has 0 aromatic heterocycles. The lowest BCUT2D eigenvalue weighted by atomic mass is 10.3. The summed E-state index contributed by atoms with van der Waals surface area (Å²) < 4.78 is 5.23. The molecule has 21 heavy (non-hydrogen) atoms. The lowest BCUT2D eigenvalue weighted by Crippen LogP contribution is -2.15. The molecule has 1 N–H and O–H groups in total. The molecule has 0 aliphatic carbocycles. The fourth-order valence-electron chi connectivity index (χ4n) is 1.32. The van der Waals surface area contributed by atoms with Crippen LogP contribution < -0.4 is 5.32 Å². The quantitative estimate of drug-likeness (QED) is 0.334. The van der Waals surface area contributed by atoms with Crippen LogP contribution in [0.4, 0.5) is 5.69 Å². The average Bonchev–Trinajstić information content (AvgIpc) is 2.46. The van der Waals surface area contributed by atoms with E-state index in [1.807, 2.05) is 5.40 Å². The van der Waals surface area contributed by atoms with Gasteiger partial charge in [-0.2, -0.15) is 17.0 Å². The third-order valence-electron chi connectivity index (χ3n) is 2.29. The number of rotatable bonds is 7. The highest BCUT2D eigenvalue weighted by Crippen LogP contribution is 2.28. The van der Waals surface area contributed by atoms with Gasteiger partial charge in [0, 0.05) is 15.1 Å². The van der Waals surface area contributed by atoms with Gasteiger partial charge in [-0.1, -0.05) is 0 Å². The SMILES string of the molecule is COC(=O)CCSCC(=O)Nc1ccc(SC#N)cc1Br. The lowest BCUT2D eigenvalue weighted by Gasteiger charge is -2.08. The van der Waals surface area contributed by atoms with Gasteiger partial charge in [-0.15, -0.1) is 0 Å². The third-order valence-corrected chi connectivity index (χ3v) is 4.49. The van der Waals surface area contributed by atoms with Crippen molar-refractivity contribution in [2.24, 2.45) is 0 Å².